The summed E-state index contributed by atoms with van der Waals surface area (Å²) in [5.41, 5.74) is 1.90. The highest BCUT2D eigenvalue weighted by Gasteiger charge is 2.13. The lowest BCUT2D eigenvalue weighted by Gasteiger charge is -2.00. The molecule has 4 heteroatoms. The minimum absolute atomic E-state index is 0.242. The standard InChI is InChI=1S/C9H13N2O2/c1-7-8(2)11(5-4-10-7)6-9(12)13-3/h4-5H,6H2,1-3H3/q+1. The van der Waals surface area contributed by atoms with Gasteiger partial charge in [-0.15, -0.1) is 0 Å². The maximum atomic E-state index is 11.0. The van der Waals surface area contributed by atoms with Crippen LogP contribution in [0.15, 0.2) is 12.4 Å². The van der Waals surface area contributed by atoms with Crippen LogP contribution < -0.4 is 4.57 Å². The molecule has 1 heterocycles. The van der Waals surface area contributed by atoms with E-state index < -0.39 is 0 Å². The van der Waals surface area contributed by atoms with Gasteiger partial charge in [0.2, 0.25) is 6.54 Å². The first-order chi connectivity index (χ1) is 6.15. The molecule has 0 fully saturated rings. The van der Waals surface area contributed by atoms with Crippen LogP contribution in [0.3, 0.4) is 0 Å². The minimum Gasteiger partial charge on any atom is -0.464 e. The van der Waals surface area contributed by atoms with Crippen molar-refractivity contribution in [1.29, 1.82) is 0 Å². The molecular formula is C9H13N2O2+. The highest BCUT2D eigenvalue weighted by molar-refractivity contribution is 5.67. The quantitative estimate of drug-likeness (QED) is 0.482. The van der Waals surface area contributed by atoms with Crippen molar-refractivity contribution in [3.05, 3.63) is 23.8 Å². The van der Waals surface area contributed by atoms with E-state index >= 15 is 0 Å². The summed E-state index contributed by atoms with van der Waals surface area (Å²) < 4.78 is 6.38. The Morgan fingerprint density at radius 2 is 2.31 bits per heavy atom. The molecule has 0 aliphatic rings. The van der Waals surface area contributed by atoms with Gasteiger partial charge in [-0.3, -0.25) is 0 Å². The van der Waals surface area contributed by atoms with Crippen molar-refractivity contribution < 1.29 is 14.1 Å². The van der Waals surface area contributed by atoms with Crippen LogP contribution in [0.2, 0.25) is 0 Å². The summed E-state index contributed by atoms with van der Waals surface area (Å²) >= 11 is 0. The first-order valence-corrected chi connectivity index (χ1v) is 4.03. The molecule has 0 atom stereocenters. The first kappa shape index (κ1) is 9.64. The van der Waals surface area contributed by atoms with Crippen LogP contribution in [0.4, 0.5) is 0 Å². The maximum absolute atomic E-state index is 11.0. The lowest BCUT2D eigenvalue weighted by molar-refractivity contribution is -0.692. The van der Waals surface area contributed by atoms with Crippen LogP contribution in [0, 0.1) is 13.8 Å². The largest absolute Gasteiger partial charge is 0.464 e. The summed E-state index contributed by atoms with van der Waals surface area (Å²) in [6, 6.07) is 0. The van der Waals surface area contributed by atoms with Crippen molar-refractivity contribution in [2.24, 2.45) is 0 Å². The Morgan fingerprint density at radius 1 is 1.62 bits per heavy atom. The number of nitrogens with zero attached hydrogens (tertiary/aromatic N) is 2. The summed E-state index contributed by atoms with van der Waals surface area (Å²) in [5, 5.41) is 0. The van der Waals surface area contributed by atoms with E-state index in [1.54, 1.807) is 12.4 Å². The molecule has 0 saturated carbocycles. The molecule has 4 nitrogen and oxygen atoms in total. The summed E-state index contributed by atoms with van der Waals surface area (Å²) in [7, 11) is 1.38. The Balaban J connectivity index is 2.89. The smallest absolute Gasteiger partial charge is 0.372 e. The van der Waals surface area contributed by atoms with E-state index in [4.69, 9.17) is 0 Å². The van der Waals surface area contributed by atoms with Gasteiger partial charge in [0.05, 0.1) is 13.3 Å². The molecule has 1 aromatic rings. The highest BCUT2D eigenvalue weighted by atomic mass is 16.5. The van der Waals surface area contributed by atoms with E-state index in [1.807, 2.05) is 18.4 Å². The number of carbonyl (C=O) groups excluding carboxylic acids is 1. The molecule has 70 valence electrons. The Hall–Kier alpha value is -1.45. The molecule has 1 rings (SSSR count). The molecule has 0 amide bonds. The topological polar surface area (TPSA) is 43.1 Å². The third kappa shape index (κ3) is 2.24. The monoisotopic (exact) mass is 181 g/mol. The first-order valence-electron chi connectivity index (χ1n) is 4.03. The SMILES string of the molecule is COC(=O)C[n+]1ccnc(C)c1C. The Labute approximate surface area is 77.2 Å². The fraction of sp³-hybridized carbons (Fsp3) is 0.444. The van der Waals surface area contributed by atoms with Crippen LogP contribution in [0.5, 0.6) is 0 Å². The van der Waals surface area contributed by atoms with Gasteiger partial charge in [-0.1, -0.05) is 0 Å². The third-order valence-electron chi connectivity index (χ3n) is 2.00. The number of rotatable bonds is 2. The number of esters is 1. The van der Waals surface area contributed by atoms with Crippen molar-refractivity contribution >= 4 is 5.97 Å². The van der Waals surface area contributed by atoms with Crippen LogP contribution in [-0.4, -0.2) is 18.1 Å². The van der Waals surface area contributed by atoms with Gasteiger partial charge in [-0.05, 0) is 6.92 Å². The second-order valence-electron chi connectivity index (χ2n) is 2.80. The fourth-order valence-corrected chi connectivity index (χ4v) is 1.01. The number of aromatic nitrogens is 2. The average molecular weight is 181 g/mol. The van der Waals surface area contributed by atoms with Crippen molar-refractivity contribution in [3.63, 3.8) is 0 Å². The van der Waals surface area contributed by atoms with Crippen molar-refractivity contribution in [3.8, 4) is 0 Å². The van der Waals surface area contributed by atoms with Crippen LogP contribution >= 0.6 is 0 Å². The van der Waals surface area contributed by atoms with Gasteiger partial charge in [0.25, 0.3) is 0 Å². The Bertz CT molecular complexity index is 323. The van der Waals surface area contributed by atoms with E-state index in [0.29, 0.717) is 0 Å². The van der Waals surface area contributed by atoms with Crippen LogP contribution in [-0.2, 0) is 16.1 Å². The van der Waals surface area contributed by atoms with E-state index in [2.05, 4.69) is 9.72 Å². The number of hydrogen-bond donors (Lipinski definition) is 0. The Kier molecular flexibility index (Phi) is 2.95. The number of ether oxygens (including phenoxy) is 1. The van der Waals surface area contributed by atoms with Crippen LogP contribution in [0.1, 0.15) is 11.4 Å². The molecule has 1 aromatic heterocycles. The normalized spacial score (nSPS) is 9.77. The number of hydrogen-bond acceptors (Lipinski definition) is 3. The zero-order valence-electron chi connectivity index (χ0n) is 8.07. The summed E-state index contributed by atoms with van der Waals surface area (Å²) in [6.07, 6.45) is 3.44. The fourth-order valence-electron chi connectivity index (χ4n) is 1.01. The van der Waals surface area contributed by atoms with Gasteiger partial charge in [-0.25, -0.2) is 9.78 Å². The zero-order chi connectivity index (χ0) is 9.84. The van der Waals surface area contributed by atoms with Gasteiger partial charge >= 0.3 is 5.97 Å². The highest BCUT2D eigenvalue weighted by Crippen LogP contribution is 1.93. The third-order valence-corrected chi connectivity index (χ3v) is 2.00. The lowest BCUT2D eigenvalue weighted by Crippen LogP contribution is -2.41. The molecule has 0 spiro atoms. The van der Waals surface area contributed by atoms with E-state index in [1.165, 1.54) is 7.11 Å². The van der Waals surface area contributed by atoms with Crippen LogP contribution in [0.25, 0.3) is 0 Å². The molecule has 0 aliphatic carbocycles. The summed E-state index contributed by atoms with van der Waals surface area (Å²) in [4.78, 5) is 15.1. The molecule has 0 radical (unpaired) electrons. The number of methoxy groups -OCH3 is 1. The lowest BCUT2D eigenvalue weighted by atomic mass is 10.3. The number of aryl methyl sites for hydroxylation is 1. The van der Waals surface area contributed by atoms with Crippen molar-refractivity contribution in [1.82, 2.24) is 4.98 Å². The molecule has 0 aliphatic heterocycles. The average Bonchev–Trinajstić information content (AvgIpc) is 2.13. The van der Waals surface area contributed by atoms with Gasteiger partial charge in [0, 0.05) is 6.92 Å². The molecule has 13 heavy (non-hydrogen) atoms. The predicted molar refractivity (Wildman–Crippen MR) is 45.9 cm³/mol. The predicted octanol–water partition coefficient (Wildman–Crippen LogP) is 0.159. The molecule has 0 unspecified atom stereocenters. The van der Waals surface area contributed by atoms with E-state index in [9.17, 15) is 4.79 Å². The molecule has 0 saturated heterocycles. The Morgan fingerprint density at radius 3 is 2.92 bits per heavy atom. The molecule has 0 bridgehead atoms. The second-order valence-corrected chi connectivity index (χ2v) is 2.80. The second kappa shape index (κ2) is 3.98. The molecule has 0 aromatic carbocycles. The molecule has 0 N–H and O–H groups in total. The number of carbonyl (C=O) groups is 1. The van der Waals surface area contributed by atoms with E-state index in [0.717, 1.165) is 11.4 Å². The summed E-state index contributed by atoms with van der Waals surface area (Å²) in [5.74, 6) is -0.251. The van der Waals surface area contributed by atoms with Gasteiger partial charge in [-0.2, -0.15) is 4.57 Å². The minimum atomic E-state index is -0.251. The maximum Gasteiger partial charge on any atom is 0.372 e. The molecular weight excluding hydrogens is 168 g/mol. The van der Waals surface area contributed by atoms with Gasteiger partial charge < -0.3 is 4.74 Å². The van der Waals surface area contributed by atoms with Crippen molar-refractivity contribution in [2.45, 2.75) is 20.4 Å². The van der Waals surface area contributed by atoms with Crippen molar-refractivity contribution in [2.75, 3.05) is 7.11 Å². The van der Waals surface area contributed by atoms with E-state index in [-0.39, 0.29) is 12.5 Å². The summed E-state index contributed by atoms with van der Waals surface area (Å²) in [6.45, 7) is 4.07. The van der Waals surface area contributed by atoms with Gasteiger partial charge in [0.15, 0.2) is 11.9 Å². The zero-order valence-corrected chi connectivity index (χ0v) is 8.07. The van der Waals surface area contributed by atoms with Gasteiger partial charge in [0.1, 0.15) is 5.69 Å².